The Morgan fingerprint density at radius 3 is 3.20 bits per heavy atom. The molecule has 0 aromatic carbocycles. The Morgan fingerprint density at radius 2 is 2.60 bits per heavy atom. The van der Waals surface area contributed by atoms with Gasteiger partial charge in [-0.2, -0.15) is 11.8 Å². The standard InChI is InChI=1S/C7H11NOS/c9-6-8-3-1-7-2-4-10-5-7/h7H,1-5H2. The molecule has 0 N–H and O–H groups in total. The molecular weight excluding hydrogens is 146 g/mol. The molecule has 1 fully saturated rings. The fourth-order valence-corrected chi connectivity index (χ4v) is 2.44. The number of hydrogen-bond acceptors (Lipinski definition) is 3. The van der Waals surface area contributed by atoms with Crippen LogP contribution in [0.1, 0.15) is 12.8 Å². The van der Waals surface area contributed by atoms with Gasteiger partial charge in [-0.15, -0.1) is 0 Å². The number of nitrogens with zero attached hydrogens (tertiary/aromatic N) is 1. The molecule has 0 amide bonds. The van der Waals surface area contributed by atoms with Crippen LogP contribution in [0.25, 0.3) is 0 Å². The molecule has 1 heterocycles. The third-order valence-corrected chi connectivity index (χ3v) is 2.97. The molecule has 3 heteroatoms. The van der Waals surface area contributed by atoms with Gasteiger partial charge in [0.05, 0.1) is 6.54 Å². The molecule has 1 atom stereocenters. The van der Waals surface area contributed by atoms with Gasteiger partial charge in [0.2, 0.25) is 6.08 Å². The van der Waals surface area contributed by atoms with Gasteiger partial charge in [0, 0.05) is 0 Å². The molecule has 0 aliphatic carbocycles. The lowest BCUT2D eigenvalue weighted by atomic mass is 10.1. The maximum absolute atomic E-state index is 9.68. The van der Waals surface area contributed by atoms with Crippen LogP contribution in [0.15, 0.2) is 4.99 Å². The lowest BCUT2D eigenvalue weighted by molar-refractivity contribution is 0.542. The second-order valence-corrected chi connectivity index (χ2v) is 3.64. The summed E-state index contributed by atoms with van der Waals surface area (Å²) in [5, 5.41) is 0. The second-order valence-electron chi connectivity index (χ2n) is 2.49. The Bertz CT molecular complexity index is 137. The number of thioether (sulfide) groups is 1. The van der Waals surface area contributed by atoms with Crippen LogP contribution in [0.5, 0.6) is 0 Å². The molecule has 1 saturated heterocycles. The molecule has 0 radical (unpaired) electrons. The highest BCUT2D eigenvalue weighted by Gasteiger charge is 2.13. The van der Waals surface area contributed by atoms with Crippen LogP contribution in [0, 0.1) is 5.92 Å². The van der Waals surface area contributed by atoms with Crippen LogP contribution >= 0.6 is 11.8 Å². The van der Waals surface area contributed by atoms with Crippen LogP contribution in [-0.2, 0) is 4.79 Å². The molecule has 2 nitrogen and oxygen atoms in total. The monoisotopic (exact) mass is 157 g/mol. The minimum atomic E-state index is 0.675. The van der Waals surface area contributed by atoms with E-state index in [1.54, 1.807) is 6.08 Å². The molecule has 0 aromatic rings. The van der Waals surface area contributed by atoms with E-state index in [4.69, 9.17) is 0 Å². The van der Waals surface area contributed by atoms with Crippen molar-refractivity contribution in [3.8, 4) is 0 Å². The summed E-state index contributed by atoms with van der Waals surface area (Å²) in [6, 6.07) is 0. The maximum Gasteiger partial charge on any atom is 0.234 e. The zero-order valence-electron chi connectivity index (χ0n) is 5.88. The highest BCUT2D eigenvalue weighted by molar-refractivity contribution is 7.99. The van der Waals surface area contributed by atoms with Crippen molar-refractivity contribution >= 4 is 17.8 Å². The van der Waals surface area contributed by atoms with Crippen LogP contribution in [-0.4, -0.2) is 24.1 Å². The summed E-state index contributed by atoms with van der Waals surface area (Å²) >= 11 is 2.00. The van der Waals surface area contributed by atoms with E-state index in [0.29, 0.717) is 6.54 Å². The summed E-state index contributed by atoms with van der Waals surface area (Å²) < 4.78 is 0. The van der Waals surface area contributed by atoms with E-state index in [1.165, 1.54) is 17.9 Å². The van der Waals surface area contributed by atoms with Crippen LogP contribution in [0.3, 0.4) is 0 Å². The van der Waals surface area contributed by atoms with Gasteiger partial charge in [-0.3, -0.25) is 0 Å². The molecule has 1 aliphatic heterocycles. The third kappa shape index (κ3) is 2.54. The molecule has 1 aliphatic rings. The molecular formula is C7H11NOS. The van der Waals surface area contributed by atoms with Gasteiger partial charge in [0.1, 0.15) is 0 Å². The topological polar surface area (TPSA) is 29.4 Å². The number of isocyanates is 1. The highest BCUT2D eigenvalue weighted by Crippen LogP contribution is 2.25. The Morgan fingerprint density at radius 1 is 1.70 bits per heavy atom. The van der Waals surface area contributed by atoms with Gasteiger partial charge >= 0.3 is 0 Å². The highest BCUT2D eigenvalue weighted by atomic mass is 32.2. The number of hydrogen-bond donors (Lipinski definition) is 0. The van der Waals surface area contributed by atoms with E-state index in [1.807, 2.05) is 11.8 Å². The molecule has 0 bridgehead atoms. The Hall–Kier alpha value is -0.270. The summed E-state index contributed by atoms with van der Waals surface area (Å²) in [6.07, 6.45) is 3.94. The van der Waals surface area contributed by atoms with E-state index < -0.39 is 0 Å². The van der Waals surface area contributed by atoms with Crippen molar-refractivity contribution in [2.45, 2.75) is 12.8 Å². The molecule has 1 unspecified atom stereocenters. The number of carbonyl (C=O) groups excluding carboxylic acids is 1. The summed E-state index contributed by atoms with van der Waals surface area (Å²) in [6.45, 7) is 0.675. The zero-order valence-corrected chi connectivity index (χ0v) is 6.69. The Kier molecular flexibility index (Phi) is 3.55. The van der Waals surface area contributed by atoms with E-state index >= 15 is 0 Å². The van der Waals surface area contributed by atoms with E-state index in [2.05, 4.69) is 4.99 Å². The van der Waals surface area contributed by atoms with Gasteiger partial charge in [-0.1, -0.05) is 0 Å². The molecule has 0 saturated carbocycles. The summed E-state index contributed by atoms with van der Waals surface area (Å²) in [7, 11) is 0. The molecule has 1 rings (SSSR count). The first kappa shape index (κ1) is 7.83. The first-order valence-corrected chi connectivity index (χ1v) is 4.70. The largest absolute Gasteiger partial charge is 0.234 e. The first-order chi connectivity index (χ1) is 4.93. The summed E-state index contributed by atoms with van der Waals surface area (Å²) in [5.74, 6) is 3.35. The van der Waals surface area contributed by atoms with Crippen molar-refractivity contribution in [2.75, 3.05) is 18.1 Å². The minimum Gasteiger partial charge on any atom is -0.211 e. The predicted octanol–water partition coefficient (Wildman–Crippen LogP) is 1.47. The van der Waals surface area contributed by atoms with Crippen LogP contribution < -0.4 is 0 Å². The van der Waals surface area contributed by atoms with Gasteiger partial charge in [-0.25, -0.2) is 9.79 Å². The lowest BCUT2D eigenvalue weighted by Gasteiger charge is -2.02. The number of rotatable bonds is 3. The smallest absolute Gasteiger partial charge is 0.211 e. The van der Waals surface area contributed by atoms with Crippen molar-refractivity contribution in [2.24, 2.45) is 10.9 Å². The van der Waals surface area contributed by atoms with Gasteiger partial charge in [0.15, 0.2) is 0 Å². The van der Waals surface area contributed by atoms with Crippen molar-refractivity contribution in [1.82, 2.24) is 0 Å². The average molecular weight is 157 g/mol. The van der Waals surface area contributed by atoms with Gasteiger partial charge < -0.3 is 0 Å². The summed E-state index contributed by atoms with van der Waals surface area (Å²) in [5.41, 5.74) is 0. The molecule has 56 valence electrons. The summed E-state index contributed by atoms with van der Waals surface area (Å²) in [4.78, 5) is 13.2. The quantitative estimate of drug-likeness (QED) is 0.458. The molecule has 0 spiro atoms. The SMILES string of the molecule is O=C=NCCC1CCSC1. The van der Waals surface area contributed by atoms with Gasteiger partial charge in [0.25, 0.3) is 0 Å². The number of aliphatic imine (C=N–C) groups is 1. The fourth-order valence-electron chi connectivity index (χ4n) is 1.10. The Balaban J connectivity index is 2.06. The van der Waals surface area contributed by atoms with E-state index in [-0.39, 0.29) is 0 Å². The maximum atomic E-state index is 9.68. The normalized spacial score (nSPS) is 24.2. The third-order valence-electron chi connectivity index (χ3n) is 1.74. The van der Waals surface area contributed by atoms with E-state index in [0.717, 1.165) is 12.3 Å². The zero-order chi connectivity index (χ0) is 7.23. The Labute approximate surface area is 65.1 Å². The second kappa shape index (κ2) is 4.53. The lowest BCUT2D eigenvalue weighted by Crippen LogP contribution is -1.99. The molecule has 10 heavy (non-hydrogen) atoms. The van der Waals surface area contributed by atoms with Crippen LogP contribution in [0.2, 0.25) is 0 Å². The van der Waals surface area contributed by atoms with Crippen molar-refractivity contribution in [3.63, 3.8) is 0 Å². The van der Waals surface area contributed by atoms with Crippen molar-refractivity contribution in [1.29, 1.82) is 0 Å². The molecule has 0 aromatic heterocycles. The predicted molar refractivity (Wildman–Crippen MR) is 43.0 cm³/mol. The van der Waals surface area contributed by atoms with Gasteiger partial charge in [-0.05, 0) is 30.3 Å². The minimum absolute atomic E-state index is 0.675. The first-order valence-electron chi connectivity index (χ1n) is 3.55. The van der Waals surface area contributed by atoms with Crippen LogP contribution in [0.4, 0.5) is 0 Å². The van der Waals surface area contributed by atoms with E-state index in [9.17, 15) is 4.79 Å². The fraction of sp³-hybridized carbons (Fsp3) is 0.857. The van der Waals surface area contributed by atoms with Crippen molar-refractivity contribution in [3.05, 3.63) is 0 Å². The average Bonchev–Trinajstić information content (AvgIpc) is 2.41. The van der Waals surface area contributed by atoms with Crippen molar-refractivity contribution < 1.29 is 4.79 Å².